The first-order valence-electron chi connectivity index (χ1n) is 5.58. The maximum Gasteiger partial charge on any atom is 0.140 e. The summed E-state index contributed by atoms with van der Waals surface area (Å²) in [5.41, 5.74) is -0.718. The van der Waals surface area contributed by atoms with Crippen LogP contribution in [-0.2, 0) is 12.6 Å². The lowest BCUT2D eigenvalue weighted by molar-refractivity contribution is -0.0337. The minimum Gasteiger partial charge on any atom is -0.382 e. The van der Waals surface area contributed by atoms with Gasteiger partial charge in [0.15, 0.2) is 0 Å². The third kappa shape index (κ3) is 1.92. The molecular formula is C11H19N3O. The van der Waals surface area contributed by atoms with Crippen LogP contribution < -0.4 is 0 Å². The Labute approximate surface area is 90.5 Å². The van der Waals surface area contributed by atoms with E-state index in [-0.39, 0.29) is 0 Å². The van der Waals surface area contributed by atoms with E-state index in [9.17, 15) is 5.11 Å². The van der Waals surface area contributed by atoms with E-state index in [2.05, 4.69) is 16.8 Å². The average Bonchev–Trinajstić information content (AvgIpc) is 2.66. The number of aromatic nitrogens is 2. The topological polar surface area (TPSA) is 41.3 Å². The van der Waals surface area contributed by atoms with E-state index in [4.69, 9.17) is 0 Å². The second kappa shape index (κ2) is 3.94. The number of aryl methyl sites for hydroxylation is 1. The molecule has 0 atom stereocenters. The molecule has 2 rings (SSSR count). The van der Waals surface area contributed by atoms with E-state index in [1.54, 1.807) is 6.20 Å². The van der Waals surface area contributed by atoms with Gasteiger partial charge in [-0.25, -0.2) is 4.98 Å². The van der Waals surface area contributed by atoms with Crippen LogP contribution >= 0.6 is 0 Å². The van der Waals surface area contributed by atoms with Crippen LogP contribution in [0.4, 0.5) is 0 Å². The summed E-state index contributed by atoms with van der Waals surface area (Å²) in [6.07, 6.45) is 5.20. The van der Waals surface area contributed by atoms with Crippen molar-refractivity contribution in [1.29, 1.82) is 0 Å². The van der Waals surface area contributed by atoms with Gasteiger partial charge in [-0.2, -0.15) is 0 Å². The molecule has 0 radical (unpaired) electrons. The van der Waals surface area contributed by atoms with E-state index in [1.165, 1.54) is 0 Å². The van der Waals surface area contributed by atoms with Crippen molar-refractivity contribution in [3.63, 3.8) is 0 Å². The molecule has 1 saturated heterocycles. The van der Waals surface area contributed by atoms with Gasteiger partial charge in [-0.3, -0.25) is 0 Å². The van der Waals surface area contributed by atoms with E-state index >= 15 is 0 Å². The molecule has 1 aromatic heterocycles. The van der Waals surface area contributed by atoms with Crippen molar-refractivity contribution in [1.82, 2.24) is 14.5 Å². The highest BCUT2D eigenvalue weighted by molar-refractivity contribution is 5.06. The second-order valence-electron chi connectivity index (χ2n) is 4.33. The molecule has 4 nitrogen and oxygen atoms in total. The fourth-order valence-corrected chi connectivity index (χ4v) is 2.28. The van der Waals surface area contributed by atoms with Crippen molar-refractivity contribution in [2.24, 2.45) is 7.05 Å². The zero-order valence-electron chi connectivity index (χ0n) is 9.48. The van der Waals surface area contributed by atoms with Crippen LogP contribution in [-0.4, -0.2) is 39.2 Å². The molecule has 84 valence electrons. The van der Waals surface area contributed by atoms with Crippen LogP contribution in [0.1, 0.15) is 25.6 Å². The highest BCUT2D eigenvalue weighted by Crippen LogP contribution is 2.31. The van der Waals surface area contributed by atoms with Crippen LogP contribution in [0.3, 0.4) is 0 Å². The summed E-state index contributed by atoms with van der Waals surface area (Å²) in [6.45, 7) is 5.14. The molecule has 1 fully saturated rings. The summed E-state index contributed by atoms with van der Waals surface area (Å²) in [5.74, 6) is 0.804. The zero-order chi connectivity index (χ0) is 10.9. The Hall–Kier alpha value is -0.870. The third-order valence-electron chi connectivity index (χ3n) is 3.37. The van der Waals surface area contributed by atoms with Crippen molar-refractivity contribution in [2.75, 3.05) is 19.6 Å². The lowest BCUT2D eigenvalue weighted by Gasteiger charge is -2.37. The van der Waals surface area contributed by atoms with Crippen molar-refractivity contribution in [3.05, 3.63) is 18.2 Å². The SMILES string of the molecule is CCN1CCC(O)(c2nccn2C)CC1. The van der Waals surface area contributed by atoms with Gasteiger partial charge >= 0.3 is 0 Å². The molecular weight excluding hydrogens is 190 g/mol. The first kappa shape index (κ1) is 10.6. The Bertz CT molecular complexity index is 326. The van der Waals surface area contributed by atoms with Gasteiger partial charge in [0.05, 0.1) is 0 Å². The van der Waals surface area contributed by atoms with Gasteiger partial charge in [-0.05, 0) is 19.4 Å². The quantitative estimate of drug-likeness (QED) is 0.780. The Kier molecular flexibility index (Phi) is 2.80. The van der Waals surface area contributed by atoms with Crippen LogP contribution in [0.2, 0.25) is 0 Å². The van der Waals surface area contributed by atoms with Crippen LogP contribution in [0, 0.1) is 0 Å². The van der Waals surface area contributed by atoms with E-state index in [0.717, 1.165) is 38.3 Å². The lowest BCUT2D eigenvalue weighted by atomic mass is 9.90. The maximum absolute atomic E-state index is 10.5. The predicted molar refractivity (Wildman–Crippen MR) is 58.5 cm³/mol. The molecule has 0 unspecified atom stereocenters. The Balaban J connectivity index is 2.13. The molecule has 1 aliphatic heterocycles. The van der Waals surface area contributed by atoms with Gasteiger partial charge in [0, 0.05) is 32.5 Å². The van der Waals surface area contributed by atoms with Gasteiger partial charge in [0.25, 0.3) is 0 Å². The van der Waals surface area contributed by atoms with Gasteiger partial charge in [-0.15, -0.1) is 0 Å². The smallest absolute Gasteiger partial charge is 0.140 e. The number of nitrogens with zero attached hydrogens (tertiary/aromatic N) is 3. The molecule has 0 spiro atoms. The lowest BCUT2D eigenvalue weighted by Crippen LogP contribution is -2.43. The van der Waals surface area contributed by atoms with Crippen molar-refractivity contribution >= 4 is 0 Å². The Morgan fingerprint density at radius 1 is 1.47 bits per heavy atom. The minimum atomic E-state index is -0.718. The van der Waals surface area contributed by atoms with Gasteiger partial charge in [0.2, 0.25) is 0 Å². The predicted octanol–water partition coefficient (Wildman–Crippen LogP) is 0.723. The monoisotopic (exact) mass is 209 g/mol. The molecule has 15 heavy (non-hydrogen) atoms. The van der Waals surface area contributed by atoms with E-state index < -0.39 is 5.60 Å². The molecule has 0 aliphatic carbocycles. The van der Waals surface area contributed by atoms with Crippen LogP contribution in [0.15, 0.2) is 12.4 Å². The summed E-state index contributed by atoms with van der Waals surface area (Å²) < 4.78 is 1.92. The van der Waals surface area contributed by atoms with Crippen LogP contribution in [0.25, 0.3) is 0 Å². The fraction of sp³-hybridized carbons (Fsp3) is 0.727. The standard InChI is InChI=1S/C11H19N3O/c1-3-14-7-4-11(15,5-8-14)10-12-6-9-13(10)2/h6,9,15H,3-5,7-8H2,1-2H3. The molecule has 1 N–H and O–H groups in total. The molecule has 4 heteroatoms. The number of imidazole rings is 1. The van der Waals surface area contributed by atoms with Crippen molar-refractivity contribution in [2.45, 2.75) is 25.4 Å². The summed E-state index contributed by atoms with van der Waals surface area (Å²) in [4.78, 5) is 6.62. The number of rotatable bonds is 2. The molecule has 2 heterocycles. The Morgan fingerprint density at radius 3 is 2.60 bits per heavy atom. The molecule has 0 bridgehead atoms. The maximum atomic E-state index is 10.5. The Morgan fingerprint density at radius 2 is 2.13 bits per heavy atom. The van der Waals surface area contributed by atoms with Gasteiger partial charge in [-0.1, -0.05) is 6.92 Å². The van der Waals surface area contributed by atoms with E-state index in [0.29, 0.717) is 0 Å². The number of aliphatic hydroxyl groups is 1. The number of hydrogen-bond acceptors (Lipinski definition) is 3. The molecule has 0 saturated carbocycles. The first-order valence-corrected chi connectivity index (χ1v) is 5.58. The number of hydrogen-bond donors (Lipinski definition) is 1. The fourth-order valence-electron chi connectivity index (χ4n) is 2.28. The first-order chi connectivity index (χ1) is 7.15. The third-order valence-corrected chi connectivity index (χ3v) is 3.37. The molecule has 1 aromatic rings. The van der Waals surface area contributed by atoms with Crippen LogP contribution in [0.5, 0.6) is 0 Å². The second-order valence-corrected chi connectivity index (χ2v) is 4.33. The van der Waals surface area contributed by atoms with E-state index in [1.807, 2.05) is 17.8 Å². The van der Waals surface area contributed by atoms with Gasteiger partial charge in [0.1, 0.15) is 11.4 Å². The summed E-state index contributed by atoms with van der Waals surface area (Å²) in [6, 6.07) is 0. The molecule has 1 aliphatic rings. The number of piperidine rings is 1. The van der Waals surface area contributed by atoms with Crippen molar-refractivity contribution < 1.29 is 5.11 Å². The summed E-state index contributed by atoms with van der Waals surface area (Å²) in [7, 11) is 1.94. The normalized spacial score (nSPS) is 21.8. The molecule has 0 amide bonds. The number of likely N-dealkylation sites (tertiary alicyclic amines) is 1. The molecule has 0 aromatic carbocycles. The summed E-state index contributed by atoms with van der Waals surface area (Å²) in [5, 5.41) is 10.5. The highest BCUT2D eigenvalue weighted by Gasteiger charge is 2.36. The largest absolute Gasteiger partial charge is 0.382 e. The summed E-state index contributed by atoms with van der Waals surface area (Å²) >= 11 is 0. The highest BCUT2D eigenvalue weighted by atomic mass is 16.3. The minimum absolute atomic E-state index is 0.718. The van der Waals surface area contributed by atoms with Gasteiger partial charge < -0.3 is 14.6 Å². The average molecular weight is 209 g/mol. The zero-order valence-corrected chi connectivity index (χ0v) is 9.48. The van der Waals surface area contributed by atoms with Crippen molar-refractivity contribution in [3.8, 4) is 0 Å².